The third kappa shape index (κ3) is 4.51. The fourth-order valence-corrected chi connectivity index (χ4v) is 4.51. The Balaban J connectivity index is 2.40. The number of allylic oxidation sites excluding steroid dienone is 1. The van der Waals surface area contributed by atoms with Crippen molar-refractivity contribution in [2.45, 2.75) is 31.1 Å². The molecule has 1 atom stereocenters. The van der Waals surface area contributed by atoms with Crippen LogP contribution in [0, 0.1) is 0 Å². The van der Waals surface area contributed by atoms with Crippen molar-refractivity contribution in [1.82, 2.24) is 0 Å². The smallest absolute Gasteiger partial charge is 0.0914 e. The summed E-state index contributed by atoms with van der Waals surface area (Å²) in [6.45, 7) is 2.18. The Labute approximate surface area is 143 Å². The summed E-state index contributed by atoms with van der Waals surface area (Å²) in [6, 6.07) is 20.0. The molecule has 3 heteroatoms. The first-order chi connectivity index (χ1) is 10.2. The Hall–Kier alpha value is -0.940. The third-order valence-electron chi connectivity index (χ3n) is 3.26. The molecule has 0 aliphatic carbocycles. The highest BCUT2D eigenvalue weighted by Crippen LogP contribution is 2.32. The minimum Gasteiger partial charge on any atom is -0.249 e. The number of unbranched alkanes of at least 4 members (excludes halogenated alkanes) is 1. The maximum absolute atomic E-state index is 12.8. The number of rotatable bonds is 6. The van der Waals surface area contributed by atoms with E-state index >= 15 is 0 Å². The molecule has 0 N–H and O–H groups in total. The zero-order valence-electron chi connectivity index (χ0n) is 12.1. The topological polar surface area (TPSA) is 17.1 Å². The van der Waals surface area contributed by atoms with E-state index in [9.17, 15) is 4.21 Å². The maximum Gasteiger partial charge on any atom is 0.0914 e. The highest BCUT2D eigenvalue weighted by Gasteiger charge is 2.14. The summed E-state index contributed by atoms with van der Waals surface area (Å²) in [4.78, 5) is 0.867. The molecule has 110 valence electrons. The summed E-state index contributed by atoms with van der Waals surface area (Å²) in [5.74, 6) is 0. The summed E-state index contributed by atoms with van der Waals surface area (Å²) >= 11 is 2.26. The van der Waals surface area contributed by atoms with E-state index in [-0.39, 0.29) is 0 Å². The minimum atomic E-state index is -1.10. The van der Waals surface area contributed by atoms with Crippen molar-refractivity contribution in [1.29, 1.82) is 0 Å². The Morgan fingerprint density at radius 1 is 1.00 bits per heavy atom. The molecule has 0 amide bonds. The second-order valence-electron chi connectivity index (χ2n) is 4.80. The van der Waals surface area contributed by atoms with Crippen molar-refractivity contribution in [3.63, 3.8) is 0 Å². The summed E-state index contributed by atoms with van der Waals surface area (Å²) in [6.07, 6.45) is 3.22. The molecule has 0 radical (unpaired) electrons. The summed E-state index contributed by atoms with van der Waals surface area (Å²) in [5.41, 5.74) is 2.39. The van der Waals surface area contributed by atoms with E-state index in [2.05, 4.69) is 41.6 Å². The molecule has 0 aromatic heterocycles. The lowest BCUT2D eigenvalue weighted by Crippen LogP contribution is -1.96. The Morgan fingerprint density at radius 2 is 1.57 bits per heavy atom. The summed E-state index contributed by atoms with van der Waals surface area (Å²) in [5, 5.41) is 0. The standard InChI is InChI=1S/C18H19IOS/c1-2-3-14-17(15-10-6-4-7-11-15)18(19)21(20)16-12-8-5-9-13-16/h4-13H,2-3,14H2,1H3/b18-17+. The average Bonchev–Trinajstić information content (AvgIpc) is 2.56. The van der Waals surface area contributed by atoms with Gasteiger partial charge in [0.25, 0.3) is 0 Å². The molecule has 0 aliphatic rings. The van der Waals surface area contributed by atoms with Gasteiger partial charge in [-0.1, -0.05) is 61.9 Å². The van der Waals surface area contributed by atoms with Gasteiger partial charge in [-0.3, -0.25) is 0 Å². The highest BCUT2D eigenvalue weighted by atomic mass is 127. The molecule has 0 saturated heterocycles. The maximum atomic E-state index is 12.8. The van der Waals surface area contributed by atoms with Crippen LogP contribution in [0.2, 0.25) is 0 Å². The fraction of sp³-hybridized carbons (Fsp3) is 0.222. The van der Waals surface area contributed by atoms with Crippen molar-refractivity contribution in [2.75, 3.05) is 0 Å². The third-order valence-corrected chi connectivity index (χ3v) is 6.38. The van der Waals surface area contributed by atoms with Gasteiger partial charge in [-0.25, -0.2) is 4.21 Å². The fourth-order valence-electron chi connectivity index (χ4n) is 2.11. The molecule has 0 spiro atoms. The van der Waals surface area contributed by atoms with E-state index < -0.39 is 10.8 Å². The Bertz CT molecular complexity index is 620. The number of benzene rings is 2. The Morgan fingerprint density at radius 3 is 2.14 bits per heavy atom. The van der Waals surface area contributed by atoms with Crippen LogP contribution in [0.25, 0.3) is 5.57 Å². The van der Waals surface area contributed by atoms with E-state index in [1.165, 1.54) is 11.1 Å². The van der Waals surface area contributed by atoms with Gasteiger partial charge in [-0.2, -0.15) is 0 Å². The lowest BCUT2D eigenvalue weighted by Gasteiger charge is -2.11. The molecular formula is C18H19IOS. The van der Waals surface area contributed by atoms with Gasteiger partial charge in [0.05, 0.1) is 13.7 Å². The van der Waals surface area contributed by atoms with Crippen LogP contribution in [0.15, 0.2) is 68.5 Å². The summed E-state index contributed by atoms with van der Waals surface area (Å²) < 4.78 is 13.7. The van der Waals surface area contributed by atoms with Gasteiger partial charge in [0.1, 0.15) is 0 Å². The highest BCUT2D eigenvalue weighted by molar-refractivity contribution is 14.1. The van der Waals surface area contributed by atoms with Gasteiger partial charge in [0.15, 0.2) is 0 Å². The molecule has 21 heavy (non-hydrogen) atoms. The van der Waals surface area contributed by atoms with E-state index in [1.54, 1.807) is 0 Å². The molecule has 2 aromatic carbocycles. The molecule has 0 bridgehead atoms. The van der Waals surface area contributed by atoms with E-state index in [0.29, 0.717) is 0 Å². The van der Waals surface area contributed by atoms with Gasteiger partial charge in [0, 0.05) is 4.90 Å². The molecule has 2 aromatic rings. The van der Waals surface area contributed by atoms with Crippen molar-refractivity contribution >= 4 is 39.0 Å². The van der Waals surface area contributed by atoms with Crippen molar-refractivity contribution in [3.8, 4) is 0 Å². The van der Waals surface area contributed by atoms with Gasteiger partial charge < -0.3 is 0 Å². The van der Waals surface area contributed by atoms with E-state index in [4.69, 9.17) is 0 Å². The zero-order valence-corrected chi connectivity index (χ0v) is 15.1. The van der Waals surface area contributed by atoms with Gasteiger partial charge in [-0.15, -0.1) is 0 Å². The van der Waals surface area contributed by atoms with Crippen LogP contribution in [-0.2, 0) is 10.8 Å². The molecule has 1 unspecified atom stereocenters. The SMILES string of the molecule is CCCC/C(=C(/I)S(=O)c1ccccc1)c1ccccc1. The first-order valence-corrected chi connectivity index (χ1v) is 9.37. The second kappa shape index (κ2) is 8.49. The normalized spacial score (nSPS) is 13.6. The van der Waals surface area contributed by atoms with Crippen LogP contribution in [0.5, 0.6) is 0 Å². The molecule has 0 saturated carbocycles. The van der Waals surface area contributed by atoms with Crippen molar-refractivity contribution in [2.24, 2.45) is 0 Å². The second-order valence-corrected chi connectivity index (χ2v) is 8.03. The first kappa shape index (κ1) is 16.4. The van der Waals surface area contributed by atoms with E-state index in [1.807, 2.05) is 48.5 Å². The van der Waals surface area contributed by atoms with Crippen LogP contribution in [0.3, 0.4) is 0 Å². The largest absolute Gasteiger partial charge is 0.249 e. The van der Waals surface area contributed by atoms with Gasteiger partial charge >= 0.3 is 0 Å². The number of halogens is 1. The van der Waals surface area contributed by atoms with Crippen LogP contribution in [-0.4, -0.2) is 4.21 Å². The van der Waals surface area contributed by atoms with Crippen molar-refractivity contribution in [3.05, 3.63) is 69.1 Å². The van der Waals surface area contributed by atoms with Crippen LogP contribution < -0.4 is 0 Å². The molecule has 2 rings (SSSR count). The van der Waals surface area contributed by atoms with Crippen molar-refractivity contribution < 1.29 is 4.21 Å². The molecule has 0 fully saturated rings. The predicted molar refractivity (Wildman–Crippen MR) is 99.8 cm³/mol. The quantitative estimate of drug-likeness (QED) is 0.551. The molecular weight excluding hydrogens is 391 g/mol. The molecule has 0 heterocycles. The van der Waals surface area contributed by atoms with Gasteiger partial charge in [0.2, 0.25) is 0 Å². The average molecular weight is 410 g/mol. The first-order valence-electron chi connectivity index (χ1n) is 7.15. The predicted octanol–water partition coefficient (Wildman–Crippen LogP) is 5.79. The minimum absolute atomic E-state index is 0.867. The van der Waals surface area contributed by atoms with Crippen LogP contribution in [0.4, 0.5) is 0 Å². The zero-order chi connectivity index (χ0) is 15.1. The molecule has 0 aliphatic heterocycles. The van der Waals surface area contributed by atoms with Gasteiger partial charge in [-0.05, 0) is 58.7 Å². The van der Waals surface area contributed by atoms with Crippen LogP contribution in [0.1, 0.15) is 31.7 Å². The monoisotopic (exact) mass is 410 g/mol. The lowest BCUT2D eigenvalue weighted by atomic mass is 10.0. The number of hydrogen-bond donors (Lipinski definition) is 0. The summed E-state index contributed by atoms with van der Waals surface area (Å²) in [7, 11) is -1.10. The molecule has 1 nitrogen and oxygen atoms in total. The van der Waals surface area contributed by atoms with Crippen LogP contribution >= 0.6 is 22.6 Å². The number of hydrogen-bond acceptors (Lipinski definition) is 1. The van der Waals surface area contributed by atoms with E-state index in [0.717, 1.165) is 27.1 Å². The Kier molecular flexibility index (Phi) is 6.64. The lowest BCUT2D eigenvalue weighted by molar-refractivity contribution is 0.688.